The van der Waals surface area contributed by atoms with Gasteiger partial charge in [-0.2, -0.15) is 0 Å². The molecule has 2 aliphatic rings. The van der Waals surface area contributed by atoms with Gasteiger partial charge in [-0.3, -0.25) is 0 Å². The van der Waals surface area contributed by atoms with Gasteiger partial charge in [0.05, 0.1) is 0 Å². The van der Waals surface area contributed by atoms with Gasteiger partial charge in [0.25, 0.3) is 0 Å². The third-order valence-corrected chi connectivity index (χ3v) is 3.79. The van der Waals surface area contributed by atoms with Crippen molar-refractivity contribution in [2.45, 2.75) is 63.8 Å². The van der Waals surface area contributed by atoms with Crippen LogP contribution in [0.3, 0.4) is 0 Å². The molecule has 1 radical (unpaired) electrons. The molecular formula is C13H24N. The topological polar surface area (TPSA) is 3.24 Å². The lowest BCUT2D eigenvalue weighted by atomic mass is 9.93. The first-order chi connectivity index (χ1) is 6.97. The Bertz CT molecular complexity index is 141. The second-order valence-corrected chi connectivity index (χ2v) is 4.91. The van der Waals surface area contributed by atoms with Crippen LogP contribution in [0.15, 0.2) is 0 Å². The van der Waals surface area contributed by atoms with Crippen LogP contribution in [0.25, 0.3) is 0 Å². The molecular weight excluding hydrogens is 170 g/mol. The van der Waals surface area contributed by atoms with Gasteiger partial charge in [0.2, 0.25) is 0 Å². The Kier molecular flexibility index (Phi) is 4.30. The maximum absolute atomic E-state index is 2.77. The van der Waals surface area contributed by atoms with Gasteiger partial charge in [0.15, 0.2) is 0 Å². The van der Waals surface area contributed by atoms with Gasteiger partial charge >= 0.3 is 0 Å². The highest BCUT2D eigenvalue weighted by Gasteiger charge is 2.20. The number of rotatable bonds is 1. The molecule has 1 saturated heterocycles. The van der Waals surface area contributed by atoms with Gasteiger partial charge in [-0.1, -0.05) is 32.1 Å². The summed E-state index contributed by atoms with van der Waals surface area (Å²) in [5.74, 6) is 0. The van der Waals surface area contributed by atoms with Crippen LogP contribution < -0.4 is 0 Å². The summed E-state index contributed by atoms with van der Waals surface area (Å²) < 4.78 is 0. The number of hydrogen-bond acceptors (Lipinski definition) is 1. The van der Waals surface area contributed by atoms with Crippen molar-refractivity contribution in [1.82, 2.24) is 4.90 Å². The van der Waals surface area contributed by atoms with E-state index in [0.29, 0.717) is 0 Å². The zero-order valence-electron chi connectivity index (χ0n) is 9.38. The lowest BCUT2D eigenvalue weighted by Crippen LogP contribution is -2.38. The maximum Gasteiger partial charge on any atom is 0.00979 e. The highest BCUT2D eigenvalue weighted by Crippen LogP contribution is 2.23. The molecule has 1 atom stereocenters. The molecule has 81 valence electrons. The molecule has 14 heavy (non-hydrogen) atoms. The molecule has 2 fully saturated rings. The second-order valence-electron chi connectivity index (χ2n) is 4.91. The van der Waals surface area contributed by atoms with E-state index in [1.54, 1.807) is 0 Å². The molecule has 2 rings (SSSR count). The van der Waals surface area contributed by atoms with Crippen molar-refractivity contribution in [2.75, 3.05) is 13.1 Å². The molecule has 0 N–H and O–H groups in total. The number of hydrogen-bond donors (Lipinski definition) is 0. The van der Waals surface area contributed by atoms with Gasteiger partial charge in [0.1, 0.15) is 0 Å². The molecule has 1 nitrogen and oxygen atoms in total. The highest BCUT2D eigenvalue weighted by atomic mass is 15.1. The summed E-state index contributed by atoms with van der Waals surface area (Å²) in [4.78, 5) is 2.77. The van der Waals surface area contributed by atoms with Crippen molar-refractivity contribution in [3.63, 3.8) is 0 Å². The molecule has 1 saturated carbocycles. The zero-order chi connectivity index (χ0) is 9.64. The fraction of sp³-hybridized carbons (Fsp3) is 0.923. The quantitative estimate of drug-likeness (QED) is 0.618. The van der Waals surface area contributed by atoms with Gasteiger partial charge in [-0.05, 0) is 45.2 Å². The Morgan fingerprint density at radius 2 is 1.57 bits per heavy atom. The van der Waals surface area contributed by atoms with Gasteiger partial charge in [-0.25, -0.2) is 0 Å². The predicted molar refractivity (Wildman–Crippen MR) is 61.2 cm³/mol. The predicted octanol–water partition coefficient (Wildman–Crippen LogP) is 3.40. The Balaban J connectivity index is 1.80. The summed E-state index contributed by atoms with van der Waals surface area (Å²) in [6.45, 7) is 2.75. The lowest BCUT2D eigenvalue weighted by Gasteiger charge is -2.35. The van der Waals surface area contributed by atoms with Gasteiger partial charge in [0, 0.05) is 6.04 Å². The van der Waals surface area contributed by atoms with Crippen molar-refractivity contribution in [3.8, 4) is 0 Å². The molecule has 0 bridgehead atoms. The second kappa shape index (κ2) is 5.75. The van der Waals surface area contributed by atoms with E-state index >= 15 is 0 Å². The van der Waals surface area contributed by atoms with E-state index in [1.807, 2.05) is 0 Å². The first kappa shape index (κ1) is 10.5. The van der Waals surface area contributed by atoms with Crippen LogP contribution in [0.4, 0.5) is 0 Å². The van der Waals surface area contributed by atoms with Crippen LogP contribution in [0.2, 0.25) is 0 Å². The molecule has 0 amide bonds. The first-order valence-corrected chi connectivity index (χ1v) is 6.52. The van der Waals surface area contributed by atoms with Crippen molar-refractivity contribution >= 4 is 0 Å². The van der Waals surface area contributed by atoms with Gasteiger partial charge in [-0.15, -0.1) is 0 Å². The van der Waals surface area contributed by atoms with E-state index in [1.165, 1.54) is 70.9 Å². The fourth-order valence-electron chi connectivity index (χ4n) is 2.89. The lowest BCUT2D eigenvalue weighted by molar-refractivity contribution is 0.157. The van der Waals surface area contributed by atoms with Crippen LogP contribution in [0.1, 0.15) is 57.8 Å². The summed E-state index contributed by atoms with van der Waals surface area (Å²) in [7, 11) is 0. The molecule has 0 aromatic rings. The average molecular weight is 194 g/mol. The van der Waals surface area contributed by atoms with E-state index in [9.17, 15) is 0 Å². The summed E-state index contributed by atoms with van der Waals surface area (Å²) >= 11 is 0. The average Bonchev–Trinajstić information content (AvgIpc) is 2.18. The Labute approximate surface area is 88.9 Å². The molecule has 1 unspecified atom stereocenters. The third kappa shape index (κ3) is 2.98. The van der Waals surface area contributed by atoms with Crippen LogP contribution in [0.5, 0.6) is 0 Å². The van der Waals surface area contributed by atoms with Gasteiger partial charge < -0.3 is 4.90 Å². The molecule has 1 aliphatic heterocycles. The van der Waals surface area contributed by atoms with Crippen molar-refractivity contribution in [2.24, 2.45) is 0 Å². The highest BCUT2D eigenvalue weighted by molar-refractivity contribution is 4.84. The summed E-state index contributed by atoms with van der Waals surface area (Å²) in [6, 6.07) is 0.904. The maximum atomic E-state index is 2.77. The van der Waals surface area contributed by atoms with Crippen LogP contribution >= 0.6 is 0 Å². The van der Waals surface area contributed by atoms with Crippen LogP contribution in [-0.2, 0) is 0 Å². The van der Waals surface area contributed by atoms with E-state index in [4.69, 9.17) is 0 Å². The Hall–Kier alpha value is -0.0400. The first-order valence-electron chi connectivity index (χ1n) is 6.52. The largest absolute Gasteiger partial charge is 0.300 e. The van der Waals surface area contributed by atoms with Crippen LogP contribution in [0, 0.1) is 6.42 Å². The standard InChI is InChI=1S/C13H24N/c1-2-7-11-14(12-8-3-1)13-9-5-4-6-10-13/h5,13H,1-4,6-12H2. The Morgan fingerprint density at radius 1 is 0.857 bits per heavy atom. The summed E-state index contributed by atoms with van der Waals surface area (Å²) in [5, 5.41) is 0. The fourth-order valence-corrected chi connectivity index (χ4v) is 2.89. The molecule has 1 aliphatic carbocycles. The minimum atomic E-state index is 0.904. The number of likely N-dealkylation sites (tertiary alicyclic amines) is 1. The summed E-state index contributed by atoms with van der Waals surface area (Å²) in [6.07, 6.45) is 15.4. The van der Waals surface area contributed by atoms with Crippen molar-refractivity contribution < 1.29 is 0 Å². The zero-order valence-corrected chi connectivity index (χ0v) is 9.38. The minimum absolute atomic E-state index is 0.904. The van der Waals surface area contributed by atoms with E-state index in [2.05, 4.69) is 11.3 Å². The minimum Gasteiger partial charge on any atom is -0.300 e. The molecule has 0 aromatic heterocycles. The Morgan fingerprint density at radius 3 is 2.21 bits per heavy atom. The third-order valence-electron chi connectivity index (χ3n) is 3.79. The molecule has 1 heterocycles. The normalized spacial score (nSPS) is 28.3. The smallest absolute Gasteiger partial charge is 0.00979 e. The monoisotopic (exact) mass is 194 g/mol. The molecule has 1 heteroatoms. The molecule has 0 spiro atoms. The number of nitrogens with zero attached hydrogens (tertiary/aromatic N) is 1. The van der Waals surface area contributed by atoms with E-state index in [-0.39, 0.29) is 0 Å². The van der Waals surface area contributed by atoms with Crippen molar-refractivity contribution in [3.05, 3.63) is 6.42 Å². The summed E-state index contributed by atoms with van der Waals surface area (Å²) in [5.41, 5.74) is 0. The van der Waals surface area contributed by atoms with E-state index in [0.717, 1.165) is 6.04 Å². The van der Waals surface area contributed by atoms with Crippen molar-refractivity contribution in [1.29, 1.82) is 0 Å². The van der Waals surface area contributed by atoms with E-state index < -0.39 is 0 Å². The molecule has 0 aromatic carbocycles. The SMILES string of the molecule is [CH]1CCCC(N2CCCCCCC2)C1. The van der Waals surface area contributed by atoms with Crippen LogP contribution in [-0.4, -0.2) is 24.0 Å².